The van der Waals surface area contributed by atoms with Gasteiger partial charge < -0.3 is 19.1 Å². The number of halogens is 1. The van der Waals surface area contributed by atoms with Crippen LogP contribution >= 0.6 is 22.9 Å². The Labute approximate surface area is 245 Å². The topological polar surface area (TPSA) is 82.4 Å². The number of carbonyl (C=O) groups is 1. The molecule has 2 aliphatic heterocycles. The molecule has 3 heterocycles. The summed E-state index contributed by atoms with van der Waals surface area (Å²) in [5.74, 6) is 1.55. The average molecular weight is 590 g/mol. The van der Waals surface area contributed by atoms with Crippen LogP contribution in [-0.4, -0.2) is 42.4 Å². The molecule has 10 heteroatoms. The van der Waals surface area contributed by atoms with E-state index >= 15 is 0 Å². The minimum absolute atomic E-state index is 0.118. The van der Waals surface area contributed by atoms with E-state index in [0.29, 0.717) is 61.5 Å². The average Bonchev–Trinajstić information content (AvgIpc) is 3.55. The summed E-state index contributed by atoms with van der Waals surface area (Å²) < 4.78 is 18.8. The summed E-state index contributed by atoms with van der Waals surface area (Å²) in [6.07, 6.45) is 1.73. The third-order valence-corrected chi connectivity index (χ3v) is 8.82. The van der Waals surface area contributed by atoms with Crippen LogP contribution in [0.3, 0.4) is 0 Å². The number of hydrogen-bond acceptors (Lipinski definition) is 7. The van der Waals surface area contributed by atoms with Gasteiger partial charge in [-0.15, -0.1) is 0 Å². The number of amides is 1. The van der Waals surface area contributed by atoms with Gasteiger partial charge in [-0.05, 0) is 55.3 Å². The molecule has 1 aromatic heterocycles. The van der Waals surface area contributed by atoms with Crippen molar-refractivity contribution < 1.29 is 19.0 Å². The maximum absolute atomic E-state index is 14.3. The van der Waals surface area contributed by atoms with Crippen molar-refractivity contribution in [1.29, 1.82) is 0 Å². The van der Waals surface area contributed by atoms with Crippen LogP contribution < -0.4 is 29.1 Å². The lowest BCUT2D eigenvalue weighted by molar-refractivity contribution is -0.127. The fourth-order valence-corrected chi connectivity index (χ4v) is 6.72. The number of fused-ring (bicyclic) bond motifs is 3. The van der Waals surface area contributed by atoms with Gasteiger partial charge in [0.15, 0.2) is 16.3 Å². The molecule has 210 valence electrons. The number of thiazole rings is 1. The number of ether oxygens (including phenoxy) is 3. The Morgan fingerprint density at radius 3 is 2.63 bits per heavy atom. The van der Waals surface area contributed by atoms with Crippen LogP contribution in [0.1, 0.15) is 37.9 Å². The van der Waals surface area contributed by atoms with Crippen LogP contribution in [0.5, 0.6) is 17.2 Å². The highest BCUT2D eigenvalue weighted by Crippen LogP contribution is 2.41. The van der Waals surface area contributed by atoms with Gasteiger partial charge in [-0.25, -0.2) is 4.99 Å². The van der Waals surface area contributed by atoms with E-state index in [4.69, 9.17) is 30.8 Å². The highest BCUT2D eigenvalue weighted by Gasteiger charge is 2.36. The fraction of sp³-hybridized carbons (Fsp3) is 0.258. The minimum atomic E-state index is -0.755. The SMILES string of the molecule is CCN(CC)C(=O)C1=C(C)N=c2s/c(=C/c3cc4c(cc3Cl)OCO4)c(=O)n2[C@@H]1c1c(OC)ccc2ccccc12. The minimum Gasteiger partial charge on any atom is -0.496 e. The second-order valence-corrected chi connectivity index (χ2v) is 11.1. The third-order valence-electron chi connectivity index (χ3n) is 7.51. The summed E-state index contributed by atoms with van der Waals surface area (Å²) in [6.45, 7) is 6.88. The Balaban J connectivity index is 1.65. The molecule has 0 fully saturated rings. The van der Waals surface area contributed by atoms with E-state index in [1.165, 1.54) is 11.3 Å². The van der Waals surface area contributed by atoms with Crippen LogP contribution in [0.15, 0.2) is 69.6 Å². The number of carbonyl (C=O) groups excluding carboxylic acids is 1. The molecule has 41 heavy (non-hydrogen) atoms. The molecule has 0 spiro atoms. The molecule has 1 atom stereocenters. The number of methoxy groups -OCH3 is 1. The third kappa shape index (κ3) is 4.49. The summed E-state index contributed by atoms with van der Waals surface area (Å²) in [7, 11) is 1.60. The van der Waals surface area contributed by atoms with Crippen LogP contribution in [0.25, 0.3) is 16.8 Å². The maximum Gasteiger partial charge on any atom is 0.271 e. The molecule has 0 aliphatic carbocycles. The van der Waals surface area contributed by atoms with E-state index < -0.39 is 6.04 Å². The zero-order chi connectivity index (χ0) is 28.8. The normalized spacial score (nSPS) is 16.1. The van der Waals surface area contributed by atoms with E-state index in [9.17, 15) is 9.59 Å². The van der Waals surface area contributed by atoms with Gasteiger partial charge in [0.25, 0.3) is 11.5 Å². The second-order valence-electron chi connectivity index (χ2n) is 9.69. The second kappa shape index (κ2) is 10.7. The molecule has 0 bridgehead atoms. The van der Waals surface area contributed by atoms with Gasteiger partial charge in [-0.2, -0.15) is 0 Å². The van der Waals surface area contributed by atoms with E-state index in [1.54, 1.807) is 34.8 Å². The number of likely N-dealkylation sites (N-methyl/N-ethyl adjacent to an activating group) is 1. The molecule has 8 nitrogen and oxygen atoms in total. The fourth-order valence-electron chi connectivity index (χ4n) is 5.47. The predicted octanol–water partition coefficient (Wildman–Crippen LogP) is 4.65. The highest BCUT2D eigenvalue weighted by molar-refractivity contribution is 7.07. The summed E-state index contributed by atoms with van der Waals surface area (Å²) in [5.41, 5.74) is 2.10. The Morgan fingerprint density at radius 2 is 1.90 bits per heavy atom. The summed E-state index contributed by atoms with van der Waals surface area (Å²) >= 11 is 7.80. The van der Waals surface area contributed by atoms with Gasteiger partial charge in [0.1, 0.15) is 11.8 Å². The molecular weight excluding hydrogens is 562 g/mol. The molecule has 2 aliphatic rings. The molecule has 4 aromatic rings. The lowest BCUT2D eigenvalue weighted by Gasteiger charge is -2.30. The first-order valence-corrected chi connectivity index (χ1v) is 14.5. The smallest absolute Gasteiger partial charge is 0.271 e. The van der Waals surface area contributed by atoms with Crippen LogP contribution in [-0.2, 0) is 4.79 Å². The van der Waals surface area contributed by atoms with Crippen LogP contribution in [0, 0.1) is 0 Å². The zero-order valence-electron chi connectivity index (χ0n) is 23.1. The van der Waals surface area contributed by atoms with E-state index in [-0.39, 0.29) is 18.3 Å². The Kier molecular flexibility index (Phi) is 7.09. The lowest BCUT2D eigenvalue weighted by atomic mass is 9.90. The number of nitrogens with zero attached hydrogens (tertiary/aromatic N) is 3. The number of benzene rings is 3. The summed E-state index contributed by atoms with van der Waals surface area (Å²) in [5, 5.41) is 2.30. The molecule has 1 amide bonds. The van der Waals surface area contributed by atoms with Crippen molar-refractivity contribution in [2.24, 2.45) is 4.99 Å². The first-order valence-electron chi connectivity index (χ1n) is 13.3. The van der Waals surface area contributed by atoms with Crippen molar-refractivity contribution in [1.82, 2.24) is 9.47 Å². The first kappa shape index (κ1) is 27.1. The lowest BCUT2D eigenvalue weighted by Crippen LogP contribution is -2.43. The van der Waals surface area contributed by atoms with E-state index in [1.807, 2.05) is 57.2 Å². The van der Waals surface area contributed by atoms with Crippen molar-refractivity contribution >= 4 is 45.7 Å². The standard InChI is InChI=1S/C31H28ClN3O5S/c1-5-34(6-2)30(37)26-17(3)33-31-35(28(26)27-20-10-8-7-9-18(20)11-12-22(27)38-4)29(36)25(41-31)14-19-13-23-24(15-21(19)32)40-16-39-23/h7-15,28H,5-6,16H2,1-4H3/b25-14+/t28-/m0/s1. The summed E-state index contributed by atoms with van der Waals surface area (Å²) in [6, 6.07) is 14.4. The number of aromatic nitrogens is 1. The molecule has 0 saturated carbocycles. The van der Waals surface area contributed by atoms with Crippen molar-refractivity contribution in [2.45, 2.75) is 26.8 Å². The van der Waals surface area contributed by atoms with E-state index in [2.05, 4.69) is 0 Å². The van der Waals surface area contributed by atoms with Gasteiger partial charge >= 0.3 is 0 Å². The highest BCUT2D eigenvalue weighted by atomic mass is 35.5. The van der Waals surface area contributed by atoms with E-state index in [0.717, 1.165) is 16.3 Å². The number of allylic oxidation sites excluding steroid dienone is 1. The van der Waals surface area contributed by atoms with Gasteiger partial charge in [-0.3, -0.25) is 14.2 Å². The van der Waals surface area contributed by atoms with Crippen molar-refractivity contribution in [2.75, 3.05) is 27.0 Å². The van der Waals surface area contributed by atoms with Gasteiger partial charge in [0, 0.05) is 24.7 Å². The molecular formula is C31H28ClN3O5S. The molecule has 6 rings (SSSR count). The predicted molar refractivity (Wildman–Crippen MR) is 160 cm³/mol. The molecule has 3 aromatic carbocycles. The van der Waals surface area contributed by atoms with Crippen LogP contribution in [0.4, 0.5) is 0 Å². The summed E-state index contributed by atoms with van der Waals surface area (Å²) in [4.78, 5) is 35.4. The Hall–Kier alpha value is -4.08. The Morgan fingerprint density at radius 1 is 1.17 bits per heavy atom. The monoisotopic (exact) mass is 589 g/mol. The molecule has 0 N–H and O–H groups in total. The van der Waals surface area contributed by atoms with Gasteiger partial charge in [-0.1, -0.05) is 53.3 Å². The van der Waals surface area contributed by atoms with Crippen molar-refractivity contribution in [3.8, 4) is 17.2 Å². The molecule has 0 radical (unpaired) electrons. The number of rotatable bonds is 6. The molecule has 0 unspecified atom stereocenters. The van der Waals surface area contributed by atoms with Crippen molar-refractivity contribution in [3.63, 3.8) is 0 Å². The first-order chi connectivity index (χ1) is 19.9. The van der Waals surface area contributed by atoms with Crippen molar-refractivity contribution in [3.05, 3.63) is 95.6 Å². The molecule has 0 saturated heterocycles. The quantitative estimate of drug-likeness (QED) is 0.327. The van der Waals surface area contributed by atoms with Gasteiger partial charge in [0.05, 0.1) is 27.9 Å². The Bertz CT molecular complexity index is 1920. The largest absolute Gasteiger partial charge is 0.496 e. The maximum atomic E-state index is 14.3. The zero-order valence-corrected chi connectivity index (χ0v) is 24.6. The van der Waals surface area contributed by atoms with Gasteiger partial charge in [0.2, 0.25) is 6.79 Å². The van der Waals surface area contributed by atoms with Crippen LogP contribution in [0.2, 0.25) is 5.02 Å². The number of hydrogen-bond donors (Lipinski definition) is 0.